The van der Waals surface area contributed by atoms with Crippen LogP contribution in [-0.2, 0) is 13.5 Å². The van der Waals surface area contributed by atoms with Crippen LogP contribution in [0.1, 0.15) is 44.2 Å². The van der Waals surface area contributed by atoms with Gasteiger partial charge in [-0.1, -0.05) is 25.7 Å². The summed E-state index contributed by atoms with van der Waals surface area (Å²) >= 11 is 0. The highest BCUT2D eigenvalue weighted by atomic mass is 15.2. The lowest BCUT2D eigenvalue weighted by Crippen LogP contribution is -2.25. The van der Waals surface area contributed by atoms with E-state index in [0.717, 1.165) is 11.8 Å². The van der Waals surface area contributed by atoms with Gasteiger partial charge in [-0.05, 0) is 50.8 Å². The number of nitrogens with one attached hydrogen (secondary N) is 1. The van der Waals surface area contributed by atoms with E-state index in [4.69, 9.17) is 0 Å². The first-order chi connectivity index (χ1) is 8.81. The van der Waals surface area contributed by atoms with E-state index in [9.17, 15) is 0 Å². The van der Waals surface area contributed by atoms with Gasteiger partial charge in [0.05, 0.1) is 0 Å². The second-order valence-corrected chi connectivity index (χ2v) is 5.70. The summed E-state index contributed by atoms with van der Waals surface area (Å²) in [7, 11) is 4.14. The predicted octanol–water partition coefficient (Wildman–Crippen LogP) is 2.77. The molecule has 2 atom stereocenters. The van der Waals surface area contributed by atoms with Crippen LogP contribution in [0.2, 0.25) is 0 Å². The van der Waals surface area contributed by atoms with Gasteiger partial charge in [-0.3, -0.25) is 4.68 Å². The van der Waals surface area contributed by atoms with Crippen molar-refractivity contribution >= 4 is 0 Å². The van der Waals surface area contributed by atoms with Crippen LogP contribution in [0, 0.1) is 11.8 Å². The fourth-order valence-corrected chi connectivity index (χ4v) is 3.35. The first kappa shape index (κ1) is 13.6. The Balaban J connectivity index is 1.90. The smallest absolute Gasteiger partial charge is 0.0492 e. The van der Waals surface area contributed by atoms with E-state index in [1.165, 1.54) is 57.2 Å². The Morgan fingerprint density at radius 1 is 1.28 bits per heavy atom. The van der Waals surface area contributed by atoms with Crippen molar-refractivity contribution in [3.05, 3.63) is 18.0 Å². The highest BCUT2D eigenvalue weighted by Gasteiger charge is 2.23. The Labute approximate surface area is 111 Å². The standard InChI is InChI=1S/C15H27N3/c1-16-12-14-7-5-3-4-6-13(14)8-9-15-10-11-17-18(15)2/h10-11,13-14,16H,3-9,12H2,1-2H3. The zero-order valence-corrected chi connectivity index (χ0v) is 11.9. The largest absolute Gasteiger partial charge is 0.319 e. The predicted molar refractivity (Wildman–Crippen MR) is 75.5 cm³/mol. The van der Waals surface area contributed by atoms with Crippen molar-refractivity contribution in [2.24, 2.45) is 18.9 Å². The van der Waals surface area contributed by atoms with E-state index in [0.29, 0.717) is 0 Å². The average Bonchev–Trinajstić information content (AvgIpc) is 2.64. The molecular formula is C15H27N3. The van der Waals surface area contributed by atoms with Crippen LogP contribution in [0.4, 0.5) is 0 Å². The van der Waals surface area contributed by atoms with Crippen LogP contribution >= 0.6 is 0 Å². The summed E-state index contributed by atoms with van der Waals surface area (Å²) in [6, 6.07) is 2.16. The maximum absolute atomic E-state index is 4.26. The molecule has 1 aliphatic carbocycles. The van der Waals surface area contributed by atoms with Gasteiger partial charge in [-0.25, -0.2) is 0 Å². The van der Waals surface area contributed by atoms with Gasteiger partial charge in [0.25, 0.3) is 0 Å². The third kappa shape index (κ3) is 3.58. The Kier molecular flexibility index (Phi) is 5.24. The molecule has 1 saturated carbocycles. The van der Waals surface area contributed by atoms with Crippen LogP contribution in [0.15, 0.2) is 12.3 Å². The molecule has 18 heavy (non-hydrogen) atoms. The lowest BCUT2D eigenvalue weighted by molar-refractivity contribution is 0.287. The molecule has 0 aliphatic heterocycles. The second-order valence-electron chi connectivity index (χ2n) is 5.70. The molecule has 0 radical (unpaired) electrons. The minimum atomic E-state index is 0.880. The molecule has 0 bridgehead atoms. The van der Waals surface area contributed by atoms with E-state index in [1.807, 2.05) is 17.9 Å². The minimum absolute atomic E-state index is 0.880. The average molecular weight is 249 g/mol. The van der Waals surface area contributed by atoms with Gasteiger partial charge in [0.15, 0.2) is 0 Å². The molecule has 2 rings (SSSR count). The third-order valence-corrected chi connectivity index (χ3v) is 4.48. The number of rotatable bonds is 5. The Morgan fingerprint density at radius 3 is 2.72 bits per heavy atom. The van der Waals surface area contributed by atoms with Crippen LogP contribution < -0.4 is 5.32 Å². The molecule has 2 unspecified atom stereocenters. The second kappa shape index (κ2) is 6.93. The topological polar surface area (TPSA) is 29.9 Å². The number of nitrogens with zero attached hydrogens (tertiary/aromatic N) is 2. The normalized spacial score (nSPS) is 25.0. The first-order valence-corrected chi connectivity index (χ1v) is 7.42. The van der Waals surface area contributed by atoms with Gasteiger partial charge in [0, 0.05) is 18.9 Å². The van der Waals surface area contributed by atoms with Crippen molar-refractivity contribution < 1.29 is 0 Å². The van der Waals surface area contributed by atoms with E-state index < -0.39 is 0 Å². The number of hydrogen-bond donors (Lipinski definition) is 1. The van der Waals surface area contributed by atoms with Crippen LogP contribution in [-0.4, -0.2) is 23.4 Å². The van der Waals surface area contributed by atoms with Crippen LogP contribution in [0.25, 0.3) is 0 Å². The highest BCUT2D eigenvalue weighted by Crippen LogP contribution is 2.31. The van der Waals surface area contributed by atoms with Gasteiger partial charge < -0.3 is 5.32 Å². The summed E-state index contributed by atoms with van der Waals surface area (Å²) < 4.78 is 2.02. The lowest BCUT2D eigenvalue weighted by Gasteiger charge is -2.25. The fraction of sp³-hybridized carbons (Fsp3) is 0.800. The molecule has 102 valence electrons. The van der Waals surface area contributed by atoms with Crippen molar-refractivity contribution in [3.8, 4) is 0 Å². The Hall–Kier alpha value is -0.830. The zero-order valence-electron chi connectivity index (χ0n) is 11.9. The van der Waals surface area contributed by atoms with Crippen molar-refractivity contribution in [2.45, 2.75) is 44.9 Å². The maximum atomic E-state index is 4.26. The summed E-state index contributed by atoms with van der Waals surface area (Å²) in [6.45, 7) is 1.19. The van der Waals surface area contributed by atoms with E-state index >= 15 is 0 Å². The Bertz CT molecular complexity index is 345. The van der Waals surface area contributed by atoms with Crippen molar-refractivity contribution in [1.29, 1.82) is 0 Å². The maximum Gasteiger partial charge on any atom is 0.0492 e. The summed E-state index contributed by atoms with van der Waals surface area (Å²) in [5.74, 6) is 1.78. The number of aryl methyl sites for hydroxylation is 2. The molecule has 1 aromatic heterocycles. The summed E-state index contributed by atoms with van der Waals surface area (Å²) in [6.07, 6.45) is 11.5. The van der Waals surface area contributed by atoms with E-state index in [-0.39, 0.29) is 0 Å². The first-order valence-electron chi connectivity index (χ1n) is 7.42. The van der Waals surface area contributed by atoms with E-state index in [2.05, 4.69) is 23.5 Å². The molecule has 1 fully saturated rings. The molecule has 1 N–H and O–H groups in total. The summed E-state index contributed by atoms with van der Waals surface area (Å²) in [5.41, 5.74) is 1.38. The summed E-state index contributed by atoms with van der Waals surface area (Å²) in [5, 5.41) is 7.64. The van der Waals surface area contributed by atoms with E-state index in [1.54, 1.807) is 0 Å². The van der Waals surface area contributed by atoms with Gasteiger partial charge >= 0.3 is 0 Å². The molecule has 0 aromatic carbocycles. The number of hydrogen-bond acceptors (Lipinski definition) is 2. The zero-order chi connectivity index (χ0) is 12.8. The molecule has 0 amide bonds. The SMILES string of the molecule is CNCC1CCCCCC1CCc1ccnn1C. The summed E-state index contributed by atoms with van der Waals surface area (Å²) in [4.78, 5) is 0. The van der Waals surface area contributed by atoms with Crippen molar-refractivity contribution in [3.63, 3.8) is 0 Å². The van der Waals surface area contributed by atoms with Gasteiger partial charge in [-0.2, -0.15) is 5.10 Å². The molecule has 3 nitrogen and oxygen atoms in total. The van der Waals surface area contributed by atoms with Crippen molar-refractivity contribution in [2.75, 3.05) is 13.6 Å². The molecule has 0 spiro atoms. The van der Waals surface area contributed by atoms with Crippen molar-refractivity contribution in [1.82, 2.24) is 15.1 Å². The fourth-order valence-electron chi connectivity index (χ4n) is 3.35. The lowest BCUT2D eigenvalue weighted by atomic mass is 9.84. The highest BCUT2D eigenvalue weighted by molar-refractivity contribution is 5.00. The molecule has 1 heterocycles. The third-order valence-electron chi connectivity index (χ3n) is 4.48. The van der Waals surface area contributed by atoms with Crippen LogP contribution in [0.3, 0.4) is 0 Å². The monoisotopic (exact) mass is 249 g/mol. The van der Waals surface area contributed by atoms with Gasteiger partial charge in [-0.15, -0.1) is 0 Å². The quantitative estimate of drug-likeness (QED) is 0.813. The van der Waals surface area contributed by atoms with Gasteiger partial charge in [0.2, 0.25) is 0 Å². The molecule has 0 saturated heterocycles. The molecule has 1 aliphatic rings. The van der Waals surface area contributed by atoms with Gasteiger partial charge in [0.1, 0.15) is 0 Å². The molecule has 3 heteroatoms. The molecule has 1 aromatic rings. The van der Waals surface area contributed by atoms with Crippen LogP contribution in [0.5, 0.6) is 0 Å². The minimum Gasteiger partial charge on any atom is -0.319 e. The molecular weight excluding hydrogens is 222 g/mol. The Morgan fingerprint density at radius 2 is 2.06 bits per heavy atom. The number of aromatic nitrogens is 2.